The average molecular weight is 288 g/mol. The largest absolute Gasteiger partial charge is 0.290 e. The molecule has 5 nitrogen and oxygen atoms in total. The summed E-state index contributed by atoms with van der Waals surface area (Å²) < 4.78 is 0. The lowest BCUT2D eigenvalue weighted by Crippen LogP contribution is -2.29. The molecule has 2 aromatic rings. The van der Waals surface area contributed by atoms with Gasteiger partial charge < -0.3 is 0 Å². The van der Waals surface area contributed by atoms with Gasteiger partial charge >= 0.3 is 0 Å². The molecular formula is C14H16N4OS. The summed E-state index contributed by atoms with van der Waals surface area (Å²) in [6, 6.07) is 9.26. The van der Waals surface area contributed by atoms with Gasteiger partial charge in [-0.05, 0) is 37.6 Å². The number of rotatable bonds is 4. The molecule has 0 fully saturated rings. The second-order valence-corrected chi connectivity index (χ2v) is 5.33. The van der Waals surface area contributed by atoms with Gasteiger partial charge in [0.15, 0.2) is 5.16 Å². The lowest BCUT2D eigenvalue weighted by molar-refractivity contribution is 0.0953. The number of nitrogen functional groups attached to an aromatic ring is 1. The molecule has 0 saturated carbocycles. The molecule has 0 aliphatic rings. The fourth-order valence-electron chi connectivity index (χ4n) is 1.74. The first kappa shape index (κ1) is 14.5. The van der Waals surface area contributed by atoms with E-state index in [-0.39, 0.29) is 5.91 Å². The van der Waals surface area contributed by atoms with Gasteiger partial charge in [-0.15, -0.1) is 0 Å². The molecule has 1 aromatic carbocycles. The monoisotopic (exact) mass is 288 g/mol. The van der Waals surface area contributed by atoms with Crippen molar-refractivity contribution in [3.8, 4) is 0 Å². The lowest BCUT2D eigenvalue weighted by Gasteiger charge is -2.04. The van der Waals surface area contributed by atoms with Crippen molar-refractivity contribution in [3.05, 3.63) is 52.8 Å². The van der Waals surface area contributed by atoms with Crippen LogP contribution in [-0.2, 0) is 5.75 Å². The number of hydrogen-bond acceptors (Lipinski definition) is 5. The molecule has 3 N–H and O–H groups in total. The number of aryl methyl sites for hydroxylation is 2. The predicted molar refractivity (Wildman–Crippen MR) is 79.2 cm³/mol. The van der Waals surface area contributed by atoms with Crippen LogP contribution in [0.15, 0.2) is 35.5 Å². The van der Waals surface area contributed by atoms with Gasteiger partial charge in [0.1, 0.15) is 0 Å². The van der Waals surface area contributed by atoms with Gasteiger partial charge in [-0.1, -0.05) is 23.9 Å². The van der Waals surface area contributed by atoms with Crippen LogP contribution in [0, 0.1) is 13.8 Å². The topological polar surface area (TPSA) is 80.9 Å². The fourth-order valence-corrected chi connectivity index (χ4v) is 2.65. The summed E-state index contributed by atoms with van der Waals surface area (Å²) in [5, 5.41) is 0.770. The van der Waals surface area contributed by atoms with Crippen LogP contribution in [0.25, 0.3) is 0 Å². The summed E-state index contributed by atoms with van der Waals surface area (Å²) in [6.07, 6.45) is 0. The number of nitrogens with one attached hydrogen (secondary N) is 1. The molecule has 1 amide bonds. The maximum atomic E-state index is 11.3. The fraction of sp³-hybridized carbons (Fsp3) is 0.214. The Balaban J connectivity index is 2.02. The van der Waals surface area contributed by atoms with Crippen LogP contribution in [0.2, 0.25) is 0 Å². The standard InChI is InChI=1S/C14H16N4OS/c1-9-7-10(2)17-14(16-9)20-8-11-3-5-12(6-4-11)13(19)18-15/h3-7H,8,15H2,1-2H3,(H,18,19). The van der Waals surface area contributed by atoms with Gasteiger partial charge in [-0.3, -0.25) is 10.2 Å². The first-order valence-electron chi connectivity index (χ1n) is 6.13. The minimum absolute atomic E-state index is 0.290. The van der Waals surface area contributed by atoms with E-state index in [9.17, 15) is 4.79 Å². The van der Waals surface area contributed by atoms with Crippen LogP contribution in [-0.4, -0.2) is 15.9 Å². The first-order chi connectivity index (χ1) is 9.58. The van der Waals surface area contributed by atoms with Gasteiger partial charge in [0.2, 0.25) is 0 Å². The predicted octanol–water partition coefficient (Wildman–Crippen LogP) is 1.99. The van der Waals surface area contributed by atoms with E-state index in [1.54, 1.807) is 23.9 Å². The number of nitrogens with zero attached hydrogens (tertiary/aromatic N) is 2. The summed E-state index contributed by atoms with van der Waals surface area (Å²) in [7, 11) is 0. The molecule has 1 aromatic heterocycles. The van der Waals surface area contributed by atoms with Gasteiger partial charge in [-0.2, -0.15) is 0 Å². The molecule has 104 valence electrons. The van der Waals surface area contributed by atoms with Crippen molar-refractivity contribution in [1.82, 2.24) is 15.4 Å². The van der Waals surface area contributed by atoms with Crippen LogP contribution in [0.4, 0.5) is 0 Å². The molecule has 6 heteroatoms. The highest BCUT2D eigenvalue weighted by Crippen LogP contribution is 2.20. The Hall–Kier alpha value is -1.92. The number of benzene rings is 1. The van der Waals surface area contributed by atoms with Crippen LogP contribution in [0.1, 0.15) is 27.3 Å². The Kier molecular flexibility index (Phi) is 4.70. The molecule has 0 aliphatic heterocycles. The Morgan fingerprint density at radius 1 is 1.20 bits per heavy atom. The minimum Gasteiger partial charge on any atom is -0.290 e. The Bertz CT molecular complexity index is 593. The van der Waals surface area contributed by atoms with E-state index in [1.165, 1.54) is 0 Å². The summed E-state index contributed by atoms with van der Waals surface area (Å²) in [6.45, 7) is 3.91. The van der Waals surface area contributed by atoms with E-state index in [0.29, 0.717) is 5.56 Å². The molecule has 0 saturated heterocycles. The second-order valence-electron chi connectivity index (χ2n) is 4.39. The van der Waals surface area contributed by atoms with Crippen molar-refractivity contribution in [3.63, 3.8) is 0 Å². The van der Waals surface area contributed by atoms with Crippen LogP contribution in [0.3, 0.4) is 0 Å². The number of aromatic nitrogens is 2. The normalized spacial score (nSPS) is 10.3. The van der Waals surface area contributed by atoms with Crippen molar-refractivity contribution < 1.29 is 4.79 Å². The Morgan fingerprint density at radius 2 is 1.80 bits per heavy atom. The molecule has 0 radical (unpaired) electrons. The third-order valence-corrected chi connectivity index (χ3v) is 3.60. The zero-order valence-corrected chi connectivity index (χ0v) is 12.2. The van der Waals surface area contributed by atoms with Crippen molar-refractivity contribution in [1.29, 1.82) is 0 Å². The number of carbonyl (C=O) groups excluding carboxylic acids is 1. The van der Waals surface area contributed by atoms with Gasteiger partial charge in [-0.25, -0.2) is 15.8 Å². The summed E-state index contributed by atoms with van der Waals surface area (Å²) >= 11 is 1.57. The van der Waals surface area contributed by atoms with Crippen LogP contribution in [0.5, 0.6) is 0 Å². The third kappa shape index (κ3) is 3.79. The molecule has 20 heavy (non-hydrogen) atoms. The van der Waals surface area contributed by atoms with Crippen molar-refractivity contribution >= 4 is 17.7 Å². The molecule has 0 aliphatic carbocycles. The van der Waals surface area contributed by atoms with E-state index >= 15 is 0 Å². The number of thioether (sulfide) groups is 1. The molecule has 0 spiro atoms. The zero-order valence-electron chi connectivity index (χ0n) is 11.4. The highest BCUT2D eigenvalue weighted by Gasteiger charge is 2.04. The van der Waals surface area contributed by atoms with E-state index < -0.39 is 0 Å². The number of hydrazine groups is 1. The molecule has 0 atom stereocenters. The molecule has 0 unspecified atom stereocenters. The molecule has 0 bridgehead atoms. The minimum atomic E-state index is -0.290. The van der Waals surface area contributed by atoms with Gasteiger partial charge in [0.05, 0.1) is 0 Å². The number of amides is 1. The number of carbonyl (C=O) groups is 1. The molecule has 2 rings (SSSR count). The van der Waals surface area contributed by atoms with E-state index in [0.717, 1.165) is 27.9 Å². The summed E-state index contributed by atoms with van der Waals surface area (Å²) in [5.41, 5.74) is 5.69. The maximum absolute atomic E-state index is 11.3. The Labute approximate surface area is 122 Å². The Morgan fingerprint density at radius 3 is 2.35 bits per heavy atom. The second kappa shape index (κ2) is 6.49. The highest BCUT2D eigenvalue weighted by molar-refractivity contribution is 7.98. The molecular weight excluding hydrogens is 272 g/mol. The number of hydrogen-bond donors (Lipinski definition) is 2. The quantitative estimate of drug-likeness (QED) is 0.296. The smallest absolute Gasteiger partial charge is 0.265 e. The third-order valence-electron chi connectivity index (χ3n) is 2.68. The molecule has 1 heterocycles. The average Bonchev–Trinajstić information content (AvgIpc) is 2.44. The number of nitrogens with two attached hydrogens (primary N) is 1. The summed E-state index contributed by atoms with van der Waals surface area (Å²) in [5.74, 6) is 5.55. The van der Waals surface area contributed by atoms with Crippen LogP contribution >= 0.6 is 11.8 Å². The van der Waals surface area contributed by atoms with E-state index in [1.807, 2.05) is 32.0 Å². The zero-order chi connectivity index (χ0) is 14.5. The first-order valence-corrected chi connectivity index (χ1v) is 7.12. The lowest BCUT2D eigenvalue weighted by atomic mass is 10.1. The highest BCUT2D eigenvalue weighted by atomic mass is 32.2. The van der Waals surface area contributed by atoms with Crippen molar-refractivity contribution in [2.24, 2.45) is 5.84 Å². The van der Waals surface area contributed by atoms with Crippen molar-refractivity contribution in [2.45, 2.75) is 24.8 Å². The SMILES string of the molecule is Cc1cc(C)nc(SCc2ccc(C(=O)NN)cc2)n1. The van der Waals surface area contributed by atoms with Crippen LogP contribution < -0.4 is 11.3 Å². The van der Waals surface area contributed by atoms with E-state index in [2.05, 4.69) is 15.4 Å². The van der Waals surface area contributed by atoms with Crippen molar-refractivity contribution in [2.75, 3.05) is 0 Å². The summed E-state index contributed by atoms with van der Waals surface area (Å²) in [4.78, 5) is 20.1. The van der Waals surface area contributed by atoms with Gasteiger partial charge in [0.25, 0.3) is 5.91 Å². The maximum Gasteiger partial charge on any atom is 0.265 e. The van der Waals surface area contributed by atoms with E-state index in [4.69, 9.17) is 5.84 Å². The van der Waals surface area contributed by atoms with Gasteiger partial charge in [0, 0.05) is 22.7 Å².